The maximum absolute atomic E-state index is 5.17. The minimum absolute atomic E-state index is 0.732. The van der Waals surface area contributed by atoms with E-state index in [4.69, 9.17) is 4.52 Å². The van der Waals surface area contributed by atoms with Crippen LogP contribution in [0.2, 0.25) is 0 Å². The number of hydrogen-bond donors (Lipinski definition) is 0. The van der Waals surface area contributed by atoms with Crippen LogP contribution in [-0.2, 0) is 0 Å². The van der Waals surface area contributed by atoms with Crippen molar-refractivity contribution in [3.63, 3.8) is 0 Å². The molecule has 0 saturated carbocycles. The van der Waals surface area contributed by atoms with Gasteiger partial charge in [-0.05, 0) is 13.0 Å². The maximum atomic E-state index is 5.17. The molecule has 1 aromatic heterocycles. The minimum Gasteiger partial charge on any atom is -0.356 e. The fraction of sp³-hybridized carbons (Fsp3) is 0.0714. The standard InChI is InChI=1S/C14H13NO/c1-3-4-5-13-10-14(15-16-13)12-8-6-11(2)7-9-12/h3-10H,1H2,2H3/b5-4+. The fourth-order valence-electron chi connectivity index (χ4n) is 1.39. The van der Waals surface area contributed by atoms with Crippen LogP contribution in [0.5, 0.6) is 0 Å². The molecule has 80 valence electrons. The average Bonchev–Trinajstić information content (AvgIpc) is 2.76. The lowest BCUT2D eigenvalue weighted by Gasteiger charge is -1.95. The van der Waals surface area contributed by atoms with Gasteiger partial charge >= 0.3 is 0 Å². The molecule has 0 amide bonds. The van der Waals surface area contributed by atoms with Crippen LogP contribution >= 0.6 is 0 Å². The Morgan fingerprint density at radius 2 is 2.00 bits per heavy atom. The Kier molecular flexibility index (Phi) is 3.01. The molecule has 0 aliphatic rings. The highest BCUT2D eigenvalue weighted by Gasteiger charge is 2.03. The number of allylic oxidation sites excluding steroid dienone is 2. The first-order valence-corrected chi connectivity index (χ1v) is 5.12. The van der Waals surface area contributed by atoms with E-state index >= 15 is 0 Å². The Morgan fingerprint density at radius 1 is 1.25 bits per heavy atom. The van der Waals surface area contributed by atoms with Gasteiger partial charge in [0, 0.05) is 11.6 Å². The van der Waals surface area contributed by atoms with Crippen LogP contribution in [-0.4, -0.2) is 5.16 Å². The van der Waals surface area contributed by atoms with E-state index in [1.165, 1.54) is 5.56 Å². The van der Waals surface area contributed by atoms with Crippen molar-refractivity contribution in [1.29, 1.82) is 0 Å². The van der Waals surface area contributed by atoms with Crippen molar-refractivity contribution in [2.24, 2.45) is 0 Å². The van der Waals surface area contributed by atoms with Crippen molar-refractivity contribution in [2.75, 3.05) is 0 Å². The second-order valence-corrected chi connectivity index (χ2v) is 3.58. The summed E-state index contributed by atoms with van der Waals surface area (Å²) in [5.41, 5.74) is 3.15. The van der Waals surface area contributed by atoms with Crippen molar-refractivity contribution in [1.82, 2.24) is 5.16 Å². The first kappa shape index (κ1) is 10.4. The average molecular weight is 211 g/mol. The first-order valence-electron chi connectivity index (χ1n) is 5.12. The van der Waals surface area contributed by atoms with E-state index < -0.39 is 0 Å². The Morgan fingerprint density at radius 3 is 2.69 bits per heavy atom. The summed E-state index contributed by atoms with van der Waals surface area (Å²) < 4.78 is 5.17. The zero-order valence-corrected chi connectivity index (χ0v) is 9.18. The van der Waals surface area contributed by atoms with E-state index in [-0.39, 0.29) is 0 Å². The number of rotatable bonds is 3. The van der Waals surface area contributed by atoms with E-state index in [0.29, 0.717) is 0 Å². The molecule has 16 heavy (non-hydrogen) atoms. The molecule has 0 fully saturated rings. The number of aromatic nitrogens is 1. The van der Waals surface area contributed by atoms with Crippen molar-refractivity contribution in [2.45, 2.75) is 6.92 Å². The highest BCUT2D eigenvalue weighted by atomic mass is 16.5. The fourth-order valence-corrected chi connectivity index (χ4v) is 1.39. The van der Waals surface area contributed by atoms with Gasteiger partial charge < -0.3 is 4.52 Å². The maximum Gasteiger partial charge on any atom is 0.160 e. The molecule has 2 heteroatoms. The van der Waals surface area contributed by atoms with Crippen LogP contribution in [0.4, 0.5) is 0 Å². The van der Waals surface area contributed by atoms with Gasteiger partial charge in [-0.25, -0.2) is 0 Å². The topological polar surface area (TPSA) is 26.0 Å². The summed E-state index contributed by atoms with van der Waals surface area (Å²) in [4.78, 5) is 0. The van der Waals surface area contributed by atoms with Gasteiger partial charge in [-0.3, -0.25) is 0 Å². The smallest absolute Gasteiger partial charge is 0.160 e. The van der Waals surface area contributed by atoms with Crippen molar-refractivity contribution in [3.8, 4) is 11.3 Å². The largest absolute Gasteiger partial charge is 0.356 e. The third kappa shape index (κ3) is 2.28. The molecule has 2 aromatic rings. The SMILES string of the molecule is C=C/C=C/c1cc(-c2ccc(C)cc2)no1. The molecule has 0 atom stereocenters. The van der Waals surface area contributed by atoms with Crippen LogP contribution in [0.3, 0.4) is 0 Å². The summed E-state index contributed by atoms with van der Waals surface area (Å²) in [5, 5.41) is 4.01. The molecule has 2 nitrogen and oxygen atoms in total. The summed E-state index contributed by atoms with van der Waals surface area (Å²) >= 11 is 0. The Hall–Kier alpha value is -2.09. The molecule has 2 rings (SSSR count). The molecule has 0 radical (unpaired) electrons. The summed E-state index contributed by atoms with van der Waals surface area (Å²) in [7, 11) is 0. The Bertz CT molecular complexity index is 506. The number of benzene rings is 1. The predicted octanol–water partition coefficient (Wildman–Crippen LogP) is 3.85. The van der Waals surface area contributed by atoms with Gasteiger partial charge in [0.25, 0.3) is 0 Å². The molecule has 1 aromatic carbocycles. The van der Waals surface area contributed by atoms with Gasteiger partial charge in [0.1, 0.15) is 5.69 Å². The lowest BCUT2D eigenvalue weighted by Crippen LogP contribution is -1.76. The molecule has 0 aliphatic carbocycles. The second kappa shape index (κ2) is 4.62. The quantitative estimate of drug-likeness (QED) is 0.721. The van der Waals surface area contributed by atoms with Crippen LogP contribution in [0.1, 0.15) is 11.3 Å². The number of nitrogens with zero attached hydrogens (tertiary/aromatic N) is 1. The molecule has 0 bridgehead atoms. The summed E-state index contributed by atoms with van der Waals surface area (Å²) in [6, 6.07) is 10.1. The van der Waals surface area contributed by atoms with E-state index in [0.717, 1.165) is 17.0 Å². The van der Waals surface area contributed by atoms with Gasteiger partial charge in [-0.1, -0.05) is 53.7 Å². The van der Waals surface area contributed by atoms with E-state index in [9.17, 15) is 0 Å². The highest BCUT2D eigenvalue weighted by Crippen LogP contribution is 2.20. The third-order valence-corrected chi connectivity index (χ3v) is 2.27. The summed E-state index contributed by atoms with van der Waals surface area (Å²) in [5.74, 6) is 0.732. The van der Waals surface area contributed by atoms with E-state index in [1.54, 1.807) is 6.08 Å². The van der Waals surface area contributed by atoms with Crippen LogP contribution in [0.25, 0.3) is 17.3 Å². The first-order chi connectivity index (χ1) is 7.79. The zero-order chi connectivity index (χ0) is 11.4. The van der Waals surface area contributed by atoms with Crippen LogP contribution < -0.4 is 0 Å². The Labute approximate surface area is 94.9 Å². The molecule has 0 N–H and O–H groups in total. The van der Waals surface area contributed by atoms with Gasteiger partial charge in [-0.15, -0.1) is 0 Å². The zero-order valence-electron chi connectivity index (χ0n) is 9.18. The Balaban J connectivity index is 2.27. The van der Waals surface area contributed by atoms with Crippen LogP contribution in [0.15, 0.2) is 53.6 Å². The summed E-state index contributed by atoms with van der Waals surface area (Å²) in [6.07, 6.45) is 5.35. The van der Waals surface area contributed by atoms with E-state index in [2.05, 4.69) is 30.8 Å². The van der Waals surface area contributed by atoms with Gasteiger partial charge in [-0.2, -0.15) is 0 Å². The monoisotopic (exact) mass is 211 g/mol. The number of aryl methyl sites for hydroxylation is 1. The lowest BCUT2D eigenvalue weighted by atomic mass is 10.1. The van der Waals surface area contributed by atoms with Crippen molar-refractivity contribution >= 4 is 6.08 Å². The normalized spacial score (nSPS) is 10.8. The second-order valence-electron chi connectivity index (χ2n) is 3.58. The molecule has 0 aliphatic heterocycles. The minimum atomic E-state index is 0.732. The molecule has 1 heterocycles. The van der Waals surface area contributed by atoms with Gasteiger partial charge in [0.2, 0.25) is 0 Å². The molecular weight excluding hydrogens is 198 g/mol. The molecule has 0 unspecified atom stereocenters. The third-order valence-electron chi connectivity index (χ3n) is 2.27. The van der Waals surface area contributed by atoms with Crippen molar-refractivity contribution < 1.29 is 4.52 Å². The van der Waals surface area contributed by atoms with E-state index in [1.807, 2.05) is 30.4 Å². The van der Waals surface area contributed by atoms with Crippen LogP contribution in [0, 0.1) is 6.92 Å². The molecular formula is C14H13NO. The lowest BCUT2D eigenvalue weighted by molar-refractivity contribution is 0.415. The number of hydrogen-bond acceptors (Lipinski definition) is 2. The van der Waals surface area contributed by atoms with Gasteiger partial charge in [0.05, 0.1) is 0 Å². The summed E-state index contributed by atoms with van der Waals surface area (Å²) in [6.45, 7) is 5.66. The van der Waals surface area contributed by atoms with Crippen molar-refractivity contribution in [3.05, 3.63) is 60.4 Å². The predicted molar refractivity (Wildman–Crippen MR) is 65.9 cm³/mol. The molecule has 0 spiro atoms. The molecule has 0 saturated heterocycles. The highest BCUT2D eigenvalue weighted by molar-refractivity contribution is 5.62. The van der Waals surface area contributed by atoms with Gasteiger partial charge in [0.15, 0.2) is 5.76 Å².